The minimum atomic E-state index is 0.0895. The van der Waals surface area contributed by atoms with Crippen molar-refractivity contribution in [3.05, 3.63) is 59.7 Å². The highest BCUT2D eigenvalue weighted by molar-refractivity contribution is 5.96. The van der Waals surface area contributed by atoms with E-state index < -0.39 is 0 Å². The minimum Gasteiger partial charge on any atom is -0.376 e. The Labute approximate surface area is 139 Å². The van der Waals surface area contributed by atoms with Gasteiger partial charge in [-0.3, -0.25) is 4.79 Å². The van der Waals surface area contributed by atoms with Crippen LogP contribution >= 0.6 is 0 Å². The maximum atomic E-state index is 12.6. The second-order valence-corrected chi connectivity index (χ2v) is 5.49. The Hall–Kier alpha value is -2.29. The number of rotatable bonds is 7. The van der Waals surface area contributed by atoms with Gasteiger partial charge in [0.05, 0.1) is 6.54 Å². The molecule has 0 fully saturated rings. The molecule has 0 saturated heterocycles. The summed E-state index contributed by atoms with van der Waals surface area (Å²) in [7, 11) is 0. The normalized spacial score (nSPS) is 10.4. The first kappa shape index (κ1) is 17.1. The Bertz CT molecular complexity index is 615. The molecule has 1 N–H and O–H groups in total. The SMILES string of the molecule is CCc1cccc(CC)c1NCC(=O)N(CC)c1ccccc1. The van der Waals surface area contributed by atoms with Gasteiger partial charge < -0.3 is 10.2 Å². The van der Waals surface area contributed by atoms with Crippen LogP contribution in [-0.4, -0.2) is 19.0 Å². The number of anilines is 2. The van der Waals surface area contributed by atoms with E-state index in [0.29, 0.717) is 13.1 Å². The molecule has 0 aliphatic rings. The molecule has 23 heavy (non-hydrogen) atoms. The molecule has 0 bridgehead atoms. The topological polar surface area (TPSA) is 32.3 Å². The highest BCUT2D eigenvalue weighted by Gasteiger charge is 2.14. The Kier molecular flexibility index (Phi) is 6.21. The summed E-state index contributed by atoms with van der Waals surface area (Å²) in [6, 6.07) is 16.2. The second-order valence-electron chi connectivity index (χ2n) is 5.49. The molecule has 0 radical (unpaired) electrons. The van der Waals surface area contributed by atoms with Gasteiger partial charge >= 0.3 is 0 Å². The fourth-order valence-electron chi connectivity index (χ4n) is 2.84. The van der Waals surface area contributed by atoms with Crippen LogP contribution in [0.1, 0.15) is 31.9 Å². The smallest absolute Gasteiger partial charge is 0.246 e. The molecule has 0 aliphatic carbocycles. The molecule has 0 aliphatic heterocycles. The number of hydrogen-bond acceptors (Lipinski definition) is 2. The summed E-state index contributed by atoms with van der Waals surface area (Å²) in [6.07, 6.45) is 1.92. The van der Waals surface area contributed by atoms with Crippen molar-refractivity contribution in [3.63, 3.8) is 0 Å². The standard InChI is InChI=1S/C20H26N2O/c1-4-16-11-10-12-17(5-2)20(16)21-15-19(23)22(6-3)18-13-8-7-9-14-18/h7-14,21H,4-6,15H2,1-3H3. The fourth-order valence-corrected chi connectivity index (χ4v) is 2.84. The predicted octanol–water partition coefficient (Wildman–Crippen LogP) is 4.28. The van der Waals surface area contributed by atoms with Gasteiger partial charge in [-0.15, -0.1) is 0 Å². The molecule has 0 atom stereocenters. The van der Waals surface area contributed by atoms with Gasteiger partial charge in [-0.1, -0.05) is 50.2 Å². The highest BCUT2D eigenvalue weighted by Crippen LogP contribution is 2.22. The van der Waals surface area contributed by atoms with E-state index in [0.717, 1.165) is 24.2 Å². The van der Waals surface area contributed by atoms with Gasteiger partial charge in [0, 0.05) is 17.9 Å². The van der Waals surface area contributed by atoms with Crippen molar-refractivity contribution in [1.82, 2.24) is 0 Å². The lowest BCUT2D eigenvalue weighted by molar-refractivity contribution is -0.116. The summed E-state index contributed by atoms with van der Waals surface area (Å²) in [5.41, 5.74) is 4.59. The number of carbonyl (C=O) groups excluding carboxylic acids is 1. The molecule has 2 aromatic carbocycles. The summed E-state index contributed by atoms with van der Waals surface area (Å²) in [5, 5.41) is 3.38. The van der Waals surface area contributed by atoms with Crippen LogP contribution in [0.3, 0.4) is 0 Å². The maximum absolute atomic E-state index is 12.6. The van der Waals surface area contributed by atoms with Crippen LogP contribution in [0.25, 0.3) is 0 Å². The monoisotopic (exact) mass is 310 g/mol. The third-order valence-corrected chi connectivity index (χ3v) is 4.10. The van der Waals surface area contributed by atoms with Crippen LogP contribution in [0.15, 0.2) is 48.5 Å². The zero-order chi connectivity index (χ0) is 16.7. The van der Waals surface area contributed by atoms with Crippen LogP contribution < -0.4 is 10.2 Å². The van der Waals surface area contributed by atoms with Crippen LogP contribution in [-0.2, 0) is 17.6 Å². The summed E-state index contributed by atoms with van der Waals surface area (Å²) >= 11 is 0. The average Bonchev–Trinajstić information content (AvgIpc) is 2.61. The number of carbonyl (C=O) groups is 1. The van der Waals surface area contributed by atoms with Crippen LogP contribution in [0.4, 0.5) is 11.4 Å². The average molecular weight is 310 g/mol. The molecule has 0 unspecified atom stereocenters. The number of amides is 1. The van der Waals surface area contributed by atoms with Gasteiger partial charge in [-0.05, 0) is 43.0 Å². The van der Waals surface area contributed by atoms with E-state index in [2.05, 4.69) is 37.4 Å². The number of aryl methyl sites for hydroxylation is 2. The van der Waals surface area contributed by atoms with E-state index in [4.69, 9.17) is 0 Å². The van der Waals surface area contributed by atoms with E-state index in [1.807, 2.05) is 42.2 Å². The van der Waals surface area contributed by atoms with Crippen molar-refractivity contribution in [2.24, 2.45) is 0 Å². The quantitative estimate of drug-likeness (QED) is 0.828. The predicted molar refractivity (Wildman–Crippen MR) is 98.2 cm³/mol. The van der Waals surface area contributed by atoms with Gasteiger partial charge in [0.25, 0.3) is 0 Å². The molecular weight excluding hydrogens is 284 g/mol. The second kappa shape index (κ2) is 8.37. The zero-order valence-corrected chi connectivity index (χ0v) is 14.3. The lowest BCUT2D eigenvalue weighted by Crippen LogP contribution is -2.35. The van der Waals surface area contributed by atoms with Gasteiger partial charge in [0.2, 0.25) is 5.91 Å². The highest BCUT2D eigenvalue weighted by atomic mass is 16.2. The van der Waals surface area contributed by atoms with Crippen LogP contribution in [0, 0.1) is 0 Å². The fraction of sp³-hybridized carbons (Fsp3) is 0.350. The van der Waals surface area contributed by atoms with E-state index in [1.165, 1.54) is 11.1 Å². The molecule has 122 valence electrons. The van der Waals surface area contributed by atoms with Crippen molar-refractivity contribution >= 4 is 17.3 Å². The van der Waals surface area contributed by atoms with E-state index in [1.54, 1.807) is 0 Å². The number of benzene rings is 2. The molecule has 2 rings (SSSR count). The molecule has 0 aromatic heterocycles. The first-order chi connectivity index (χ1) is 11.2. The summed E-state index contributed by atoms with van der Waals surface area (Å²) in [5.74, 6) is 0.0895. The molecule has 0 spiro atoms. The van der Waals surface area contributed by atoms with Crippen molar-refractivity contribution in [3.8, 4) is 0 Å². The number of nitrogens with zero attached hydrogens (tertiary/aromatic N) is 1. The number of nitrogens with one attached hydrogen (secondary N) is 1. The van der Waals surface area contributed by atoms with Crippen molar-refractivity contribution < 1.29 is 4.79 Å². The van der Waals surface area contributed by atoms with Crippen LogP contribution in [0.2, 0.25) is 0 Å². The Morgan fingerprint density at radius 2 is 1.52 bits per heavy atom. The molecule has 1 amide bonds. The molecular formula is C20H26N2O. The van der Waals surface area contributed by atoms with Gasteiger partial charge in [0.15, 0.2) is 0 Å². The Morgan fingerprint density at radius 1 is 0.913 bits per heavy atom. The lowest BCUT2D eigenvalue weighted by Gasteiger charge is -2.22. The first-order valence-corrected chi connectivity index (χ1v) is 8.41. The van der Waals surface area contributed by atoms with E-state index in [-0.39, 0.29) is 5.91 Å². The number of likely N-dealkylation sites (N-methyl/N-ethyl adjacent to an activating group) is 1. The maximum Gasteiger partial charge on any atom is 0.246 e. The van der Waals surface area contributed by atoms with Crippen LogP contribution in [0.5, 0.6) is 0 Å². The number of para-hydroxylation sites is 2. The van der Waals surface area contributed by atoms with Crippen molar-refractivity contribution in [2.45, 2.75) is 33.6 Å². The molecule has 2 aromatic rings. The largest absolute Gasteiger partial charge is 0.376 e. The first-order valence-electron chi connectivity index (χ1n) is 8.41. The molecule has 0 saturated carbocycles. The summed E-state index contributed by atoms with van der Waals surface area (Å²) in [4.78, 5) is 14.4. The molecule has 3 nitrogen and oxygen atoms in total. The third-order valence-electron chi connectivity index (χ3n) is 4.10. The molecule has 3 heteroatoms. The summed E-state index contributed by atoms with van der Waals surface area (Å²) in [6.45, 7) is 7.27. The molecule has 0 heterocycles. The van der Waals surface area contributed by atoms with E-state index in [9.17, 15) is 4.79 Å². The minimum absolute atomic E-state index is 0.0895. The Morgan fingerprint density at radius 3 is 2.04 bits per heavy atom. The van der Waals surface area contributed by atoms with E-state index >= 15 is 0 Å². The Balaban J connectivity index is 2.12. The lowest BCUT2D eigenvalue weighted by atomic mass is 10.0. The number of hydrogen-bond donors (Lipinski definition) is 1. The van der Waals surface area contributed by atoms with Crippen molar-refractivity contribution in [1.29, 1.82) is 0 Å². The van der Waals surface area contributed by atoms with Gasteiger partial charge in [-0.2, -0.15) is 0 Å². The zero-order valence-electron chi connectivity index (χ0n) is 14.3. The summed E-state index contributed by atoms with van der Waals surface area (Å²) < 4.78 is 0. The van der Waals surface area contributed by atoms with Gasteiger partial charge in [0.1, 0.15) is 0 Å². The van der Waals surface area contributed by atoms with Gasteiger partial charge in [-0.25, -0.2) is 0 Å². The van der Waals surface area contributed by atoms with Crippen molar-refractivity contribution in [2.75, 3.05) is 23.3 Å². The third kappa shape index (κ3) is 4.13.